The minimum Gasteiger partial charge on any atom is -0.358 e. The first kappa shape index (κ1) is 15.0. The van der Waals surface area contributed by atoms with Crippen molar-refractivity contribution in [1.82, 2.24) is 9.78 Å². The molecule has 0 spiro atoms. The predicted octanol–water partition coefficient (Wildman–Crippen LogP) is 3.20. The molecule has 21 heavy (non-hydrogen) atoms. The number of halogens is 1. The lowest BCUT2D eigenvalue weighted by molar-refractivity contribution is -0.384. The van der Waals surface area contributed by atoms with E-state index in [1.807, 2.05) is 0 Å². The summed E-state index contributed by atoms with van der Waals surface area (Å²) in [6, 6.07) is 5.93. The Hall–Kier alpha value is -2.44. The number of aromatic nitrogens is 2. The normalized spacial score (nSPS) is 12.2. The van der Waals surface area contributed by atoms with Crippen LogP contribution in [0, 0.1) is 15.9 Å². The van der Waals surface area contributed by atoms with E-state index in [0.29, 0.717) is 17.7 Å². The molecule has 1 aromatic carbocycles. The molecule has 1 N–H and O–H groups in total. The van der Waals surface area contributed by atoms with Gasteiger partial charge in [-0.1, -0.05) is 25.1 Å². The van der Waals surface area contributed by atoms with Gasteiger partial charge in [0.2, 0.25) is 5.82 Å². The van der Waals surface area contributed by atoms with Crippen LogP contribution in [0.4, 0.5) is 15.9 Å². The zero-order valence-corrected chi connectivity index (χ0v) is 12.1. The number of benzene rings is 1. The van der Waals surface area contributed by atoms with Crippen LogP contribution in [0.25, 0.3) is 0 Å². The zero-order chi connectivity index (χ0) is 15.6. The lowest BCUT2D eigenvalue weighted by Crippen LogP contribution is -2.12. The van der Waals surface area contributed by atoms with E-state index < -0.39 is 11.0 Å². The van der Waals surface area contributed by atoms with Gasteiger partial charge in [-0.15, -0.1) is 0 Å². The molecule has 2 rings (SSSR count). The second kappa shape index (κ2) is 5.90. The monoisotopic (exact) mass is 292 g/mol. The number of nitro groups is 1. The third-order valence-corrected chi connectivity index (χ3v) is 3.33. The van der Waals surface area contributed by atoms with Crippen molar-refractivity contribution in [3.8, 4) is 0 Å². The minimum absolute atomic E-state index is 0.0526. The molecule has 0 amide bonds. The highest BCUT2D eigenvalue weighted by Crippen LogP contribution is 2.31. The Kier molecular flexibility index (Phi) is 4.21. The highest BCUT2D eigenvalue weighted by atomic mass is 19.1. The van der Waals surface area contributed by atoms with Gasteiger partial charge < -0.3 is 5.32 Å². The van der Waals surface area contributed by atoms with Gasteiger partial charge in [-0.25, -0.2) is 9.07 Å². The average molecular weight is 292 g/mol. The van der Waals surface area contributed by atoms with E-state index >= 15 is 0 Å². The highest BCUT2D eigenvalue weighted by molar-refractivity contribution is 5.60. The lowest BCUT2D eigenvalue weighted by Gasteiger charge is -2.15. The Balaban J connectivity index is 2.38. The summed E-state index contributed by atoms with van der Waals surface area (Å²) in [4.78, 5) is 10.8. The number of anilines is 1. The minimum atomic E-state index is -0.456. The maximum atomic E-state index is 13.8. The van der Waals surface area contributed by atoms with Crippen molar-refractivity contribution in [3.05, 3.63) is 51.5 Å². The Labute approximate surface area is 121 Å². The van der Waals surface area contributed by atoms with Crippen molar-refractivity contribution in [2.75, 3.05) is 5.32 Å². The van der Waals surface area contributed by atoms with Gasteiger partial charge in [-0.3, -0.25) is 10.1 Å². The van der Waals surface area contributed by atoms with Crippen molar-refractivity contribution in [3.63, 3.8) is 0 Å². The van der Waals surface area contributed by atoms with Crippen molar-refractivity contribution >= 4 is 11.5 Å². The van der Waals surface area contributed by atoms with Gasteiger partial charge >= 0.3 is 5.69 Å². The van der Waals surface area contributed by atoms with Crippen LogP contribution in [0.15, 0.2) is 24.3 Å². The first-order valence-corrected chi connectivity index (χ1v) is 6.66. The molecule has 0 aliphatic rings. The number of nitrogens with one attached hydrogen (secondary N) is 1. The van der Waals surface area contributed by atoms with E-state index in [1.54, 1.807) is 39.1 Å². The molecule has 1 aromatic heterocycles. The number of hydrogen-bond donors (Lipinski definition) is 1. The van der Waals surface area contributed by atoms with Gasteiger partial charge in [0.1, 0.15) is 11.5 Å². The molecule has 1 unspecified atom stereocenters. The molecular weight excluding hydrogens is 275 g/mol. The second-order valence-electron chi connectivity index (χ2n) is 4.77. The molecule has 112 valence electrons. The maximum Gasteiger partial charge on any atom is 0.333 e. The zero-order valence-electron chi connectivity index (χ0n) is 12.1. The van der Waals surface area contributed by atoms with E-state index in [1.165, 1.54) is 10.7 Å². The number of aryl methyl sites for hydroxylation is 2. The van der Waals surface area contributed by atoms with Crippen LogP contribution >= 0.6 is 0 Å². The lowest BCUT2D eigenvalue weighted by atomic mass is 10.1. The van der Waals surface area contributed by atoms with Crippen LogP contribution in [0.2, 0.25) is 0 Å². The third kappa shape index (κ3) is 2.86. The fourth-order valence-corrected chi connectivity index (χ4v) is 2.27. The molecule has 1 atom stereocenters. The van der Waals surface area contributed by atoms with E-state index in [4.69, 9.17) is 0 Å². The largest absolute Gasteiger partial charge is 0.358 e. The van der Waals surface area contributed by atoms with Crippen LogP contribution < -0.4 is 5.32 Å². The highest BCUT2D eigenvalue weighted by Gasteiger charge is 2.27. The van der Waals surface area contributed by atoms with Gasteiger partial charge in [-0.05, 0) is 19.4 Å². The van der Waals surface area contributed by atoms with Crippen LogP contribution in [-0.4, -0.2) is 14.7 Å². The summed E-state index contributed by atoms with van der Waals surface area (Å²) >= 11 is 0. The van der Waals surface area contributed by atoms with E-state index in [9.17, 15) is 14.5 Å². The van der Waals surface area contributed by atoms with Crippen molar-refractivity contribution in [2.45, 2.75) is 26.3 Å². The molecule has 0 bridgehead atoms. The topological polar surface area (TPSA) is 73.0 Å². The molecule has 7 heteroatoms. The van der Waals surface area contributed by atoms with Crippen LogP contribution in [-0.2, 0) is 13.5 Å². The molecule has 0 saturated heterocycles. The van der Waals surface area contributed by atoms with Gasteiger partial charge in [-0.2, -0.15) is 5.10 Å². The summed E-state index contributed by atoms with van der Waals surface area (Å²) < 4.78 is 15.2. The SMILES string of the molecule is CCc1nn(C)c(NC(C)c2ccccc2F)c1[N+](=O)[O-]. The first-order valence-electron chi connectivity index (χ1n) is 6.66. The summed E-state index contributed by atoms with van der Waals surface area (Å²) in [5, 5.41) is 18.4. The van der Waals surface area contributed by atoms with Crippen LogP contribution in [0.1, 0.15) is 31.1 Å². The van der Waals surface area contributed by atoms with Crippen molar-refractivity contribution < 1.29 is 9.31 Å². The molecule has 0 aliphatic carbocycles. The summed E-state index contributed by atoms with van der Waals surface area (Å²) in [7, 11) is 1.63. The van der Waals surface area contributed by atoms with Gasteiger partial charge in [0.25, 0.3) is 0 Å². The summed E-state index contributed by atoms with van der Waals surface area (Å²) in [5.41, 5.74) is 0.806. The summed E-state index contributed by atoms with van der Waals surface area (Å²) in [5.74, 6) is -0.0642. The van der Waals surface area contributed by atoms with E-state index in [2.05, 4.69) is 10.4 Å². The average Bonchev–Trinajstić information content (AvgIpc) is 2.75. The number of nitrogens with zero attached hydrogens (tertiary/aromatic N) is 3. The molecule has 1 heterocycles. The quantitative estimate of drug-likeness (QED) is 0.678. The third-order valence-electron chi connectivity index (χ3n) is 3.33. The standard InChI is InChI=1S/C14H17FN4O2/c1-4-12-13(19(20)21)14(18(3)17-12)16-9(2)10-7-5-6-8-11(10)15/h5-9,16H,4H2,1-3H3. The Bertz CT molecular complexity index is 669. The molecule has 0 saturated carbocycles. The van der Waals surface area contributed by atoms with Crippen molar-refractivity contribution in [2.24, 2.45) is 7.05 Å². The molecule has 6 nitrogen and oxygen atoms in total. The van der Waals surface area contributed by atoms with Crippen LogP contribution in [0.5, 0.6) is 0 Å². The summed E-state index contributed by atoms with van der Waals surface area (Å²) in [6.45, 7) is 3.56. The molecule has 0 fully saturated rings. The van der Waals surface area contributed by atoms with Gasteiger partial charge in [0.15, 0.2) is 0 Å². The number of rotatable bonds is 5. The summed E-state index contributed by atoms with van der Waals surface area (Å²) in [6.07, 6.45) is 0.458. The number of hydrogen-bond acceptors (Lipinski definition) is 4. The Morgan fingerprint density at radius 1 is 1.48 bits per heavy atom. The van der Waals surface area contributed by atoms with E-state index in [-0.39, 0.29) is 17.3 Å². The Morgan fingerprint density at radius 2 is 2.14 bits per heavy atom. The van der Waals surface area contributed by atoms with Crippen molar-refractivity contribution in [1.29, 1.82) is 0 Å². The first-order chi connectivity index (χ1) is 9.95. The Morgan fingerprint density at radius 3 is 2.71 bits per heavy atom. The molecular formula is C14H17FN4O2. The maximum absolute atomic E-state index is 13.8. The predicted molar refractivity (Wildman–Crippen MR) is 77.7 cm³/mol. The smallest absolute Gasteiger partial charge is 0.333 e. The molecule has 0 aliphatic heterocycles. The van der Waals surface area contributed by atoms with Gasteiger partial charge in [0.05, 0.1) is 11.0 Å². The fourth-order valence-electron chi connectivity index (χ4n) is 2.27. The molecule has 2 aromatic rings. The van der Waals surface area contributed by atoms with Crippen LogP contribution in [0.3, 0.4) is 0 Å². The van der Waals surface area contributed by atoms with E-state index in [0.717, 1.165) is 0 Å². The fraction of sp³-hybridized carbons (Fsp3) is 0.357. The second-order valence-corrected chi connectivity index (χ2v) is 4.77. The molecule has 0 radical (unpaired) electrons. The van der Waals surface area contributed by atoms with Gasteiger partial charge in [0, 0.05) is 12.6 Å².